The van der Waals surface area contributed by atoms with Crippen molar-refractivity contribution in [3.05, 3.63) is 23.3 Å². The first-order valence-electron chi connectivity index (χ1n) is 8.83. The monoisotopic (exact) mass is 304 g/mol. The Morgan fingerprint density at radius 1 is 1.36 bits per heavy atom. The van der Waals surface area contributed by atoms with Gasteiger partial charge in [0.05, 0.1) is 0 Å². The molecule has 2 aliphatic rings. The molecule has 0 aromatic carbocycles. The highest BCUT2D eigenvalue weighted by Crippen LogP contribution is 2.45. The minimum Gasteiger partial charge on any atom is -0.342 e. The van der Waals surface area contributed by atoms with Gasteiger partial charge in [-0.25, -0.2) is 0 Å². The van der Waals surface area contributed by atoms with Crippen molar-refractivity contribution < 1.29 is 4.79 Å². The number of carbonyl (C=O) groups is 1. The van der Waals surface area contributed by atoms with Crippen LogP contribution in [0.5, 0.6) is 0 Å². The lowest BCUT2D eigenvalue weighted by Crippen LogP contribution is -2.51. The Kier molecular flexibility index (Phi) is 5.49. The lowest BCUT2D eigenvalue weighted by molar-refractivity contribution is -0.137. The van der Waals surface area contributed by atoms with E-state index in [1.54, 1.807) is 0 Å². The fraction of sp³-hybridized carbons (Fsp3) is 0.737. The first-order chi connectivity index (χ1) is 10.4. The second-order valence-corrected chi connectivity index (χ2v) is 7.13. The molecule has 2 rings (SSSR count). The summed E-state index contributed by atoms with van der Waals surface area (Å²) in [4.78, 5) is 14.5. The van der Waals surface area contributed by atoms with Crippen LogP contribution in [0.4, 0.5) is 0 Å². The molecule has 2 heterocycles. The highest BCUT2D eigenvalue weighted by atomic mass is 16.2. The lowest BCUT2D eigenvalue weighted by atomic mass is 9.66. The van der Waals surface area contributed by atoms with Crippen molar-refractivity contribution in [1.29, 1.82) is 0 Å². The summed E-state index contributed by atoms with van der Waals surface area (Å²) in [5.74, 6) is 0.485. The number of hydrogen-bond donors (Lipinski definition) is 1. The van der Waals surface area contributed by atoms with E-state index in [4.69, 9.17) is 0 Å². The number of carbonyl (C=O) groups excluding carboxylic acids is 1. The zero-order valence-electron chi connectivity index (χ0n) is 14.8. The van der Waals surface area contributed by atoms with Crippen LogP contribution < -0.4 is 5.32 Å². The molecule has 3 heteroatoms. The van der Waals surface area contributed by atoms with Crippen LogP contribution in [0.1, 0.15) is 53.4 Å². The summed E-state index contributed by atoms with van der Waals surface area (Å²) in [5.41, 5.74) is 4.44. The molecule has 1 saturated heterocycles. The summed E-state index contributed by atoms with van der Waals surface area (Å²) < 4.78 is 0. The minimum absolute atomic E-state index is 0.154. The molecule has 124 valence electrons. The first kappa shape index (κ1) is 17.3. The van der Waals surface area contributed by atoms with Crippen LogP contribution in [0.3, 0.4) is 0 Å². The summed E-state index contributed by atoms with van der Waals surface area (Å²) in [6.45, 7) is 16.7. The summed E-state index contributed by atoms with van der Waals surface area (Å²) in [5, 5.41) is 3.58. The third-order valence-electron chi connectivity index (χ3n) is 5.66. The van der Waals surface area contributed by atoms with Gasteiger partial charge in [0.1, 0.15) is 0 Å². The van der Waals surface area contributed by atoms with Crippen LogP contribution in [0.15, 0.2) is 23.3 Å². The van der Waals surface area contributed by atoms with Crippen LogP contribution in [-0.4, -0.2) is 37.0 Å². The molecule has 1 unspecified atom stereocenters. The predicted octanol–water partition coefficient (Wildman–Crippen LogP) is 3.53. The van der Waals surface area contributed by atoms with Crippen molar-refractivity contribution in [2.75, 3.05) is 26.2 Å². The van der Waals surface area contributed by atoms with Crippen LogP contribution in [0.2, 0.25) is 0 Å². The molecule has 22 heavy (non-hydrogen) atoms. The molecule has 1 amide bonds. The largest absolute Gasteiger partial charge is 0.342 e. The maximum Gasteiger partial charge on any atom is 0.225 e. The highest BCUT2D eigenvalue weighted by molar-refractivity contribution is 5.78. The zero-order valence-corrected chi connectivity index (χ0v) is 14.8. The van der Waals surface area contributed by atoms with Crippen molar-refractivity contribution in [2.45, 2.75) is 53.4 Å². The molecule has 1 spiro atoms. The number of rotatable bonds is 4. The smallest absolute Gasteiger partial charge is 0.225 e. The number of nitrogens with one attached hydrogen (secondary N) is 1. The molecular weight excluding hydrogens is 272 g/mol. The van der Waals surface area contributed by atoms with E-state index in [0.29, 0.717) is 5.91 Å². The van der Waals surface area contributed by atoms with Crippen molar-refractivity contribution in [2.24, 2.45) is 11.3 Å². The molecule has 1 N–H and O–H groups in total. The van der Waals surface area contributed by atoms with E-state index in [9.17, 15) is 4.79 Å². The summed E-state index contributed by atoms with van der Waals surface area (Å²) in [6, 6.07) is 0. The molecular formula is C19H32N2O. The molecule has 0 saturated carbocycles. The fourth-order valence-corrected chi connectivity index (χ4v) is 4.04. The number of likely N-dealkylation sites (tertiary alicyclic amines) is 1. The van der Waals surface area contributed by atoms with Crippen LogP contribution in [-0.2, 0) is 4.79 Å². The molecule has 0 aliphatic carbocycles. The summed E-state index contributed by atoms with van der Waals surface area (Å²) in [7, 11) is 0. The van der Waals surface area contributed by atoms with Crippen LogP contribution >= 0.6 is 0 Å². The number of allylic oxidation sites excluding steroid dienone is 1. The van der Waals surface area contributed by atoms with Crippen LogP contribution in [0.25, 0.3) is 0 Å². The third kappa shape index (κ3) is 3.15. The van der Waals surface area contributed by atoms with Gasteiger partial charge in [-0.05, 0) is 38.2 Å². The van der Waals surface area contributed by atoms with Gasteiger partial charge in [0.15, 0.2) is 0 Å². The fourth-order valence-electron chi connectivity index (χ4n) is 4.04. The summed E-state index contributed by atoms with van der Waals surface area (Å²) in [6.07, 6.45) is 4.07. The molecule has 0 aromatic heterocycles. The van der Waals surface area contributed by atoms with Crippen molar-refractivity contribution in [3.8, 4) is 0 Å². The standard InChI is InChI=1S/C19H32N2O/c1-6-14(3)17-16(5)12-20-13-19(17)8-10-21(11-9-19)18(22)15(4)7-2/h15,20H,3,6-13H2,1-2,4-5H3. The number of nitrogens with zero attached hydrogens (tertiary/aromatic N) is 1. The Bertz CT molecular complexity index is 470. The van der Waals surface area contributed by atoms with Gasteiger partial charge < -0.3 is 10.2 Å². The average Bonchev–Trinajstić information content (AvgIpc) is 2.53. The van der Waals surface area contributed by atoms with E-state index in [1.807, 2.05) is 6.92 Å². The van der Waals surface area contributed by atoms with Crippen molar-refractivity contribution >= 4 is 5.91 Å². The second kappa shape index (κ2) is 6.99. The van der Waals surface area contributed by atoms with Gasteiger partial charge in [-0.1, -0.05) is 38.5 Å². The van der Waals surface area contributed by atoms with E-state index in [2.05, 4.69) is 37.6 Å². The predicted molar refractivity (Wildman–Crippen MR) is 92.7 cm³/mol. The van der Waals surface area contributed by atoms with Gasteiger partial charge in [-0.3, -0.25) is 4.79 Å². The van der Waals surface area contributed by atoms with Gasteiger partial charge >= 0.3 is 0 Å². The Morgan fingerprint density at radius 3 is 2.55 bits per heavy atom. The van der Waals surface area contributed by atoms with Gasteiger partial charge in [0, 0.05) is 37.5 Å². The molecule has 0 bridgehead atoms. The number of piperidine rings is 1. The Hall–Kier alpha value is -1.09. The van der Waals surface area contributed by atoms with E-state index >= 15 is 0 Å². The minimum atomic E-state index is 0.154. The maximum atomic E-state index is 12.4. The van der Waals surface area contributed by atoms with Gasteiger partial charge in [-0.2, -0.15) is 0 Å². The van der Waals surface area contributed by atoms with Crippen LogP contribution in [0, 0.1) is 11.3 Å². The van der Waals surface area contributed by atoms with Gasteiger partial charge in [0.2, 0.25) is 5.91 Å². The number of amides is 1. The van der Waals surface area contributed by atoms with Crippen molar-refractivity contribution in [1.82, 2.24) is 10.2 Å². The Balaban J connectivity index is 2.15. The maximum absolute atomic E-state index is 12.4. The van der Waals surface area contributed by atoms with Gasteiger partial charge in [-0.15, -0.1) is 0 Å². The number of hydrogen-bond acceptors (Lipinski definition) is 2. The summed E-state index contributed by atoms with van der Waals surface area (Å²) >= 11 is 0. The normalized spacial score (nSPS) is 22.8. The molecule has 1 fully saturated rings. The first-order valence-corrected chi connectivity index (χ1v) is 8.83. The topological polar surface area (TPSA) is 32.3 Å². The SMILES string of the molecule is C=C(CC)C1=C(C)CNCC12CCN(C(=O)C(C)CC)CC2. The highest BCUT2D eigenvalue weighted by Gasteiger charge is 2.42. The second-order valence-electron chi connectivity index (χ2n) is 7.13. The third-order valence-corrected chi connectivity index (χ3v) is 5.66. The average molecular weight is 304 g/mol. The Labute approximate surface area is 135 Å². The molecule has 2 aliphatic heterocycles. The molecule has 0 radical (unpaired) electrons. The zero-order chi connectivity index (χ0) is 16.3. The molecule has 3 nitrogen and oxygen atoms in total. The van der Waals surface area contributed by atoms with Crippen molar-refractivity contribution in [3.63, 3.8) is 0 Å². The van der Waals surface area contributed by atoms with E-state index < -0.39 is 0 Å². The van der Waals surface area contributed by atoms with E-state index in [0.717, 1.165) is 51.9 Å². The quantitative estimate of drug-likeness (QED) is 0.862. The van der Waals surface area contributed by atoms with E-state index in [1.165, 1.54) is 16.7 Å². The van der Waals surface area contributed by atoms with E-state index in [-0.39, 0.29) is 11.3 Å². The molecule has 1 atom stereocenters. The lowest BCUT2D eigenvalue weighted by Gasteiger charge is -2.47. The van der Waals surface area contributed by atoms with Gasteiger partial charge in [0.25, 0.3) is 0 Å². The Morgan fingerprint density at radius 2 is 2.00 bits per heavy atom. The molecule has 0 aromatic rings.